The molecule has 0 bridgehead atoms. The summed E-state index contributed by atoms with van der Waals surface area (Å²) in [5, 5.41) is 3.64. The first-order chi connectivity index (χ1) is 6.74. The highest BCUT2D eigenvalue weighted by atomic mass is 15.3. The van der Waals surface area contributed by atoms with Gasteiger partial charge in [-0.05, 0) is 26.3 Å². The molecule has 3 atom stereocenters. The molecule has 0 aliphatic carbocycles. The highest BCUT2D eigenvalue weighted by Crippen LogP contribution is 2.46. The van der Waals surface area contributed by atoms with Crippen molar-refractivity contribution in [3.63, 3.8) is 0 Å². The third kappa shape index (κ3) is 1.04. The first-order valence-corrected chi connectivity index (χ1v) is 5.88. The van der Waals surface area contributed by atoms with E-state index in [4.69, 9.17) is 0 Å². The van der Waals surface area contributed by atoms with E-state index in [1.807, 2.05) is 0 Å². The first kappa shape index (κ1) is 8.93. The zero-order chi connectivity index (χ0) is 9.76. The predicted molar refractivity (Wildman–Crippen MR) is 58.2 cm³/mol. The molecule has 3 saturated heterocycles. The van der Waals surface area contributed by atoms with Gasteiger partial charge in [0, 0.05) is 25.0 Å². The summed E-state index contributed by atoms with van der Waals surface area (Å²) in [7, 11) is 0. The largest absolute Gasteiger partial charge is 0.306 e. The monoisotopic (exact) mass is 192 g/mol. The maximum absolute atomic E-state index is 4.16. The molecule has 78 valence electrons. The molecule has 3 rings (SSSR count). The second-order valence-electron chi connectivity index (χ2n) is 5.30. The van der Waals surface area contributed by atoms with E-state index in [1.54, 1.807) is 0 Å². The van der Waals surface area contributed by atoms with E-state index < -0.39 is 0 Å². The Bertz CT molecular complexity index is 267. The zero-order valence-corrected chi connectivity index (χ0v) is 9.05. The molecule has 2 nitrogen and oxygen atoms in total. The molecule has 3 fully saturated rings. The average Bonchev–Trinajstić information content (AvgIpc) is 2.87. The van der Waals surface area contributed by atoms with Crippen molar-refractivity contribution < 1.29 is 0 Å². The van der Waals surface area contributed by atoms with E-state index in [0.29, 0.717) is 11.5 Å². The Morgan fingerprint density at radius 3 is 2.93 bits per heavy atom. The molecule has 3 aliphatic heterocycles. The molecule has 3 heterocycles. The van der Waals surface area contributed by atoms with Crippen LogP contribution in [0.5, 0.6) is 0 Å². The lowest BCUT2D eigenvalue weighted by Gasteiger charge is -2.31. The summed E-state index contributed by atoms with van der Waals surface area (Å²) in [6.45, 7) is 10.2. The SMILES string of the molecule is C=C(C)[C@@H]1CN2CCCC[C@@H]2[C@@]12CN2. The Hall–Kier alpha value is -0.340. The van der Waals surface area contributed by atoms with Gasteiger partial charge in [0.25, 0.3) is 0 Å². The van der Waals surface area contributed by atoms with Crippen LogP contribution >= 0.6 is 0 Å². The van der Waals surface area contributed by atoms with Crippen molar-refractivity contribution in [1.82, 2.24) is 10.2 Å². The summed E-state index contributed by atoms with van der Waals surface area (Å²) in [6, 6.07) is 0.818. The fourth-order valence-corrected chi connectivity index (χ4v) is 3.60. The quantitative estimate of drug-likeness (QED) is 0.502. The number of nitrogens with zero attached hydrogens (tertiary/aromatic N) is 1. The van der Waals surface area contributed by atoms with Crippen molar-refractivity contribution in [2.45, 2.75) is 37.8 Å². The van der Waals surface area contributed by atoms with E-state index in [0.717, 1.165) is 6.04 Å². The first-order valence-electron chi connectivity index (χ1n) is 5.88. The number of rotatable bonds is 1. The molecule has 2 heteroatoms. The Morgan fingerprint density at radius 2 is 2.29 bits per heavy atom. The Balaban J connectivity index is 1.88. The van der Waals surface area contributed by atoms with E-state index in [2.05, 4.69) is 23.7 Å². The van der Waals surface area contributed by atoms with Gasteiger partial charge in [0.2, 0.25) is 0 Å². The molecular formula is C12H20N2. The lowest BCUT2D eigenvalue weighted by atomic mass is 9.83. The molecule has 1 spiro atoms. The van der Waals surface area contributed by atoms with Gasteiger partial charge >= 0.3 is 0 Å². The minimum atomic E-state index is 0.451. The highest BCUT2D eigenvalue weighted by molar-refractivity contribution is 5.27. The minimum Gasteiger partial charge on any atom is -0.306 e. The van der Waals surface area contributed by atoms with E-state index in [1.165, 1.54) is 44.5 Å². The van der Waals surface area contributed by atoms with Gasteiger partial charge in [-0.25, -0.2) is 0 Å². The molecule has 0 aromatic heterocycles. The summed E-state index contributed by atoms with van der Waals surface area (Å²) in [5.74, 6) is 0.714. The van der Waals surface area contributed by atoms with Gasteiger partial charge in [0.1, 0.15) is 0 Å². The maximum Gasteiger partial charge on any atom is 0.0542 e. The van der Waals surface area contributed by atoms with Gasteiger partial charge in [-0.3, -0.25) is 4.90 Å². The molecule has 0 aromatic carbocycles. The van der Waals surface area contributed by atoms with Crippen molar-refractivity contribution >= 4 is 0 Å². The zero-order valence-electron chi connectivity index (χ0n) is 9.05. The third-order valence-electron chi connectivity index (χ3n) is 4.43. The second kappa shape index (κ2) is 2.83. The number of nitrogens with one attached hydrogen (secondary N) is 1. The topological polar surface area (TPSA) is 25.2 Å². The van der Waals surface area contributed by atoms with Crippen LogP contribution in [0.2, 0.25) is 0 Å². The average molecular weight is 192 g/mol. The Kier molecular flexibility index (Phi) is 1.80. The normalized spacial score (nSPS) is 46.6. The lowest BCUT2D eigenvalue weighted by molar-refractivity contribution is 0.183. The minimum absolute atomic E-state index is 0.451. The number of piperidine rings is 1. The van der Waals surface area contributed by atoms with Crippen LogP contribution in [0.3, 0.4) is 0 Å². The van der Waals surface area contributed by atoms with Crippen LogP contribution in [0, 0.1) is 5.92 Å². The molecule has 0 radical (unpaired) electrons. The predicted octanol–water partition coefficient (Wildman–Crippen LogP) is 1.39. The summed E-state index contributed by atoms with van der Waals surface area (Å²) in [5.41, 5.74) is 1.83. The molecule has 3 aliphatic rings. The maximum atomic E-state index is 4.16. The molecule has 0 aromatic rings. The third-order valence-corrected chi connectivity index (χ3v) is 4.43. The summed E-state index contributed by atoms with van der Waals surface area (Å²) in [4.78, 5) is 2.70. The van der Waals surface area contributed by atoms with E-state index >= 15 is 0 Å². The number of hydrogen-bond acceptors (Lipinski definition) is 2. The van der Waals surface area contributed by atoms with Crippen LogP contribution in [0.15, 0.2) is 12.2 Å². The van der Waals surface area contributed by atoms with Crippen LogP contribution in [0.25, 0.3) is 0 Å². The molecule has 14 heavy (non-hydrogen) atoms. The number of fused-ring (bicyclic) bond motifs is 2. The van der Waals surface area contributed by atoms with Crippen molar-refractivity contribution in [3.05, 3.63) is 12.2 Å². The summed E-state index contributed by atoms with van der Waals surface area (Å²) in [6.07, 6.45) is 4.22. The number of hydrogen-bond donors (Lipinski definition) is 1. The molecule has 0 saturated carbocycles. The van der Waals surface area contributed by atoms with Crippen LogP contribution < -0.4 is 5.32 Å². The van der Waals surface area contributed by atoms with E-state index in [-0.39, 0.29) is 0 Å². The Morgan fingerprint density at radius 1 is 1.50 bits per heavy atom. The smallest absolute Gasteiger partial charge is 0.0542 e. The molecule has 0 unspecified atom stereocenters. The standard InChI is InChI=1S/C12H20N2/c1-9(2)10-7-14-6-4-3-5-11(14)12(10)8-13-12/h10-11,13H,1,3-8H2,2H3/t10-,11+,12+/m0/s1. The lowest BCUT2D eigenvalue weighted by Crippen LogP contribution is -2.42. The molecule has 0 amide bonds. The van der Waals surface area contributed by atoms with Crippen LogP contribution in [0.1, 0.15) is 26.2 Å². The molecular weight excluding hydrogens is 172 g/mol. The van der Waals surface area contributed by atoms with Crippen molar-refractivity contribution in [1.29, 1.82) is 0 Å². The Labute approximate surface area is 86.4 Å². The fraction of sp³-hybridized carbons (Fsp3) is 0.833. The fourth-order valence-electron chi connectivity index (χ4n) is 3.60. The van der Waals surface area contributed by atoms with Gasteiger partial charge in [0.05, 0.1) is 5.54 Å². The van der Waals surface area contributed by atoms with Gasteiger partial charge in [-0.15, -0.1) is 0 Å². The summed E-state index contributed by atoms with van der Waals surface area (Å²) >= 11 is 0. The van der Waals surface area contributed by atoms with Crippen molar-refractivity contribution in [2.24, 2.45) is 5.92 Å². The molecule has 1 N–H and O–H groups in total. The van der Waals surface area contributed by atoms with Gasteiger partial charge in [-0.1, -0.05) is 18.6 Å². The van der Waals surface area contributed by atoms with Gasteiger partial charge in [-0.2, -0.15) is 0 Å². The summed E-state index contributed by atoms with van der Waals surface area (Å²) < 4.78 is 0. The van der Waals surface area contributed by atoms with Crippen molar-refractivity contribution in [2.75, 3.05) is 19.6 Å². The van der Waals surface area contributed by atoms with Crippen LogP contribution in [-0.2, 0) is 0 Å². The second-order valence-corrected chi connectivity index (χ2v) is 5.30. The van der Waals surface area contributed by atoms with Gasteiger partial charge in [0.15, 0.2) is 0 Å². The van der Waals surface area contributed by atoms with Crippen LogP contribution in [-0.4, -0.2) is 36.1 Å². The van der Waals surface area contributed by atoms with E-state index in [9.17, 15) is 0 Å². The highest BCUT2D eigenvalue weighted by Gasteiger charge is 2.61. The van der Waals surface area contributed by atoms with Crippen molar-refractivity contribution in [3.8, 4) is 0 Å². The van der Waals surface area contributed by atoms with Gasteiger partial charge < -0.3 is 5.32 Å². The van der Waals surface area contributed by atoms with Crippen LogP contribution in [0.4, 0.5) is 0 Å².